The fourth-order valence-electron chi connectivity index (χ4n) is 0.637. The van der Waals surface area contributed by atoms with Crippen LogP contribution >= 0.6 is 10.7 Å². The van der Waals surface area contributed by atoms with Crippen LogP contribution in [0.4, 0.5) is 0 Å². The van der Waals surface area contributed by atoms with Crippen LogP contribution in [0.3, 0.4) is 0 Å². The number of halogens is 1. The van der Waals surface area contributed by atoms with Crippen molar-refractivity contribution >= 4 is 41.7 Å². The van der Waals surface area contributed by atoms with Gasteiger partial charge in [-0.1, -0.05) is 18.2 Å². The van der Waals surface area contributed by atoms with E-state index in [4.69, 9.17) is 10.7 Å². The third-order valence-electron chi connectivity index (χ3n) is 1.16. The Morgan fingerprint density at radius 2 is 1.35 bits per heavy atom. The first kappa shape index (κ1) is 16.3. The summed E-state index contributed by atoms with van der Waals surface area (Å²) in [5.74, 6) is 0. The minimum Gasteiger partial charge on any atom is -0.207 e. The van der Waals surface area contributed by atoms with Crippen LogP contribution in [0, 0.1) is 0 Å². The van der Waals surface area contributed by atoms with Crippen LogP contribution in [-0.4, -0.2) is 25.3 Å². The minimum atomic E-state index is -3.53. The highest BCUT2D eigenvalue weighted by Crippen LogP contribution is 2.12. The van der Waals surface area contributed by atoms with Crippen molar-refractivity contribution in [1.29, 1.82) is 0 Å². The van der Waals surface area contributed by atoms with Crippen LogP contribution in [0.25, 0.3) is 0 Å². The van der Waals surface area contributed by atoms with Gasteiger partial charge >= 0.3 is 0 Å². The van der Waals surface area contributed by atoms with E-state index in [0.29, 0.717) is 0 Å². The molecule has 0 spiro atoms. The lowest BCUT2D eigenvalue weighted by Gasteiger charge is -1.91. The van der Waals surface area contributed by atoms with E-state index in [2.05, 4.69) is 3.63 Å². The highest BCUT2D eigenvalue weighted by atomic mass is 35.7. The van der Waals surface area contributed by atoms with Crippen LogP contribution in [0.1, 0.15) is 0 Å². The SMILES string of the molecule is O=S(=O)(Cl)c1ccccc1.O=[SH](=O)O[SH](=O)=O. The third kappa shape index (κ3) is 9.06. The number of rotatable bonds is 3. The van der Waals surface area contributed by atoms with Crippen LogP contribution in [0.15, 0.2) is 35.2 Å². The van der Waals surface area contributed by atoms with Gasteiger partial charge in [-0.05, 0) is 12.1 Å². The molecule has 0 N–H and O–H groups in total. The fraction of sp³-hybridized carbons (Fsp3) is 0. The maximum absolute atomic E-state index is 10.6. The molecule has 0 fully saturated rings. The molecule has 0 saturated heterocycles. The van der Waals surface area contributed by atoms with E-state index >= 15 is 0 Å². The van der Waals surface area contributed by atoms with Gasteiger partial charge in [0.25, 0.3) is 31.0 Å². The number of thiol groups is 2. The van der Waals surface area contributed by atoms with Crippen molar-refractivity contribution in [2.24, 2.45) is 0 Å². The lowest BCUT2D eigenvalue weighted by molar-refractivity contribution is 0.495. The fourth-order valence-corrected chi connectivity index (χ4v) is 1.86. The monoisotopic (exact) mass is 322 g/mol. The quantitative estimate of drug-likeness (QED) is 0.579. The molecule has 0 heterocycles. The molecular weight excluding hydrogens is 316 g/mol. The van der Waals surface area contributed by atoms with Crippen molar-refractivity contribution in [2.75, 3.05) is 0 Å². The molecular formula is C6H7ClO7S3. The molecule has 1 rings (SSSR count). The number of hydrogen-bond donors (Lipinski definition) is 2. The zero-order valence-corrected chi connectivity index (χ0v) is 11.3. The van der Waals surface area contributed by atoms with Crippen LogP contribution in [-0.2, 0) is 34.7 Å². The van der Waals surface area contributed by atoms with Gasteiger partial charge in [-0.15, -0.1) is 0 Å². The topological polar surface area (TPSA) is 112 Å². The van der Waals surface area contributed by atoms with Gasteiger partial charge in [0, 0.05) is 10.7 Å². The summed E-state index contributed by atoms with van der Waals surface area (Å²) in [4.78, 5) is 0.136. The molecule has 0 amide bonds. The van der Waals surface area contributed by atoms with Gasteiger partial charge in [0.05, 0.1) is 4.90 Å². The molecule has 17 heavy (non-hydrogen) atoms. The summed E-state index contributed by atoms with van der Waals surface area (Å²) in [6.07, 6.45) is 0. The van der Waals surface area contributed by atoms with E-state index in [-0.39, 0.29) is 4.90 Å². The Hall–Kier alpha value is -0.680. The highest BCUT2D eigenvalue weighted by Gasteiger charge is 2.06. The van der Waals surface area contributed by atoms with Gasteiger partial charge in [0.15, 0.2) is 0 Å². The molecule has 0 radical (unpaired) electrons. The lowest BCUT2D eigenvalue weighted by atomic mass is 10.4. The summed E-state index contributed by atoms with van der Waals surface area (Å²) in [5.41, 5.74) is 0. The van der Waals surface area contributed by atoms with E-state index < -0.39 is 31.0 Å². The molecule has 98 valence electrons. The lowest BCUT2D eigenvalue weighted by Crippen LogP contribution is -1.87. The zero-order valence-electron chi connectivity index (χ0n) is 7.93. The van der Waals surface area contributed by atoms with Crippen molar-refractivity contribution in [3.63, 3.8) is 0 Å². The summed E-state index contributed by atoms with van der Waals surface area (Å²) in [7, 11) is -4.97. The highest BCUT2D eigenvalue weighted by molar-refractivity contribution is 8.13. The zero-order chi connectivity index (χ0) is 13.5. The van der Waals surface area contributed by atoms with Gasteiger partial charge in [-0.25, -0.2) is 25.3 Å². The van der Waals surface area contributed by atoms with E-state index in [1.807, 2.05) is 0 Å². The molecule has 1 aromatic carbocycles. The van der Waals surface area contributed by atoms with Gasteiger partial charge in [0.1, 0.15) is 0 Å². The Bertz CT molecular complexity index is 551. The second kappa shape index (κ2) is 7.61. The Kier molecular flexibility index (Phi) is 7.30. The molecule has 0 aliphatic carbocycles. The third-order valence-corrected chi connectivity index (χ3v) is 3.59. The number of hydrogen-bond acceptors (Lipinski definition) is 7. The second-order valence-corrected chi connectivity index (χ2v) is 6.39. The first-order valence-electron chi connectivity index (χ1n) is 3.70. The average Bonchev–Trinajstić information content (AvgIpc) is 2.16. The van der Waals surface area contributed by atoms with E-state index in [9.17, 15) is 25.3 Å². The first-order valence-corrected chi connectivity index (χ1v) is 8.20. The molecule has 0 saturated carbocycles. The van der Waals surface area contributed by atoms with Crippen LogP contribution in [0.5, 0.6) is 0 Å². The number of benzene rings is 1. The standard InChI is InChI=1S/C6H5ClO2S.H2O5S2/c7-10(8,9)6-4-2-1-3-5-6;1-6(2)5-7(3)4/h1-5H;6-7H. The van der Waals surface area contributed by atoms with Crippen molar-refractivity contribution < 1.29 is 28.9 Å². The normalized spacial score (nSPS) is 11.0. The molecule has 0 aromatic heterocycles. The van der Waals surface area contributed by atoms with Crippen molar-refractivity contribution in [3.8, 4) is 0 Å². The van der Waals surface area contributed by atoms with Gasteiger partial charge in [-0.2, -0.15) is 3.63 Å². The summed E-state index contributed by atoms with van der Waals surface area (Å²) in [6, 6.07) is 7.86. The molecule has 1 aromatic rings. The Morgan fingerprint density at radius 3 is 1.53 bits per heavy atom. The Labute approximate surface area is 106 Å². The smallest absolute Gasteiger partial charge is 0.207 e. The molecule has 0 atom stereocenters. The van der Waals surface area contributed by atoms with E-state index in [0.717, 1.165) is 0 Å². The molecule has 11 heteroatoms. The van der Waals surface area contributed by atoms with Gasteiger partial charge in [-0.3, -0.25) is 0 Å². The molecule has 7 nitrogen and oxygen atoms in total. The average molecular weight is 323 g/mol. The second-order valence-electron chi connectivity index (χ2n) is 2.28. The van der Waals surface area contributed by atoms with Crippen molar-refractivity contribution in [3.05, 3.63) is 30.3 Å². The summed E-state index contributed by atoms with van der Waals surface area (Å²) in [6.45, 7) is 0. The van der Waals surface area contributed by atoms with E-state index in [1.54, 1.807) is 18.2 Å². The minimum absolute atomic E-state index is 0.136. The predicted molar refractivity (Wildman–Crippen MR) is 61.2 cm³/mol. The molecule has 0 unspecified atom stereocenters. The molecule has 0 bridgehead atoms. The predicted octanol–water partition coefficient (Wildman–Crippen LogP) is -0.330. The van der Waals surface area contributed by atoms with Gasteiger partial charge in [0.2, 0.25) is 0 Å². The van der Waals surface area contributed by atoms with Crippen LogP contribution in [0.2, 0.25) is 0 Å². The van der Waals surface area contributed by atoms with Crippen LogP contribution < -0.4 is 0 Å². The molecule has 0 aliphatic rings. The largest absolute Gasteiger partial charge is 0.271 e. The Balaban J connectivity index is 0.000000325. The molecule has 0 aliphatic heterocycles. The van der Waals surface area contributed by atoms with Gasteiger partial charge < -0.3 is 0 Å². The van der Waals surface area contributed by atoms with E-state index in [1.165, 1.54) is 12.1 Å². The first-order chi connectivity index (χ1) is 7.73. The van der Waals surface area contributed by atoms with Crippen molar-refractivity contribution in [1.82, 2.24) is 0 Å². The Morgan fingerprint density at radius 1 is 0.941 bits per heavy atom. The van der Waals surface area contributed by atoms with Crippen molar-refractivity contribution in [2.45, 2.75) is 4.90 Å². The maximum Gasteiger partial charge on any atom is 0.271 e. The summed E-state index contributed by atoms with van der Waals surface area (Å²) < 4.78 is 61.3. The maximum atomic E-state index is 10.6. The summed E-state index contributed by atoms with van der Waals surface area (Å²) >= 11 is 0. The summed E-state index contributed by atoms with van der Waals surface area (Å²) in [5, 5.41) is 0.